The molecule has 0 fully saturated rings. The van der Waals surface area contributed by atoms with Crippen LogP contribution in [0.2, 0.25) is 5.02 Å². The van der Waals surface area contributed by atoms with Gasteiger partial charge in [-0.2, -0.15) is 5.26 Å². The fraction of sp³-hybridized carbons (Fsp3) is 0.200. The lowest BCUT2D eigenvalue weighted by atomic mass is 10.3. The standard InChI is InChI=1S/C10H10ClN3O/c1-14(6-5-12)10(15)13-9-4-2-3-8(11)7-9/h2-4,7H,6H2,1H3,(H,13,15). The average molecular weight is 224 g/mol. The predicted molar refractivity (Wildman–Crippen MR) is 58.7 cm³/mol. The van der Waals surface area contributed by atoms with Crippen molar-refractivity contribution in [3.8, 4) is 6.07 Å². The number of benzene rings is 1. The third-order valence-corrected chi connectivity index (χ3v) is 1.97. The van der Waals surface area contributed by atoms with E-state index < -0.39 is 0 Å². The summed E-state index contributed by atoms with van der Waals surface area (Å²) < 4.78 is 0. The van der Waals surface area contributed by atoms with Crippen molar-refractivity contribution in [3.05, 3.63) is 29.3 Å². The van der Waals surface area contributed by atoms with Crippen LogP contribution in [0.25, 0.3) is 0 Å². The summed E-state index contributed by atoms with van der Waals surface area (Å²) in [6, 6.07) is 8.37. The van der Waals surface area contributed by atoms with E-state index in [2.05, 4.69) is 5.32 Å². The monoisotopic (exact) mass is 223 g/mol. The van der Waals surface area contributed by atoms with Crippen LogP contribution in [-0.4, -0.2) is 24.5 Å². The van der Waals surface area contributed by atoms with Crippen LogP contribution in [-0.2, 0) is 0 Å². The molecule has 0 atom stereocenters. The van der Waals surface area contributed by atoms with Crippen molar-refractivity contribution in [3.63, 3.8) is 0 Å². The highest BCUT2D eigenvalue weighted by molar-refractivity contribution is 6.30. The molecule has 2 amide bonds. The SMILES string of the molecule is CN(CC#N)C(=O)Nc1cccc(Cl)c1. The number of amides is 2. The van der Waals surface area contributed by atoms with Gasteiger partial charge in [-0.1, -0.05) is 17.7 Å². The lowest BCUT2D eigenvalue weighted by Gasteiger charge is -2.14. The number of nitrogens with one attached hydrogen (secondary N) is 1. The molecule has 0 aliphatic carbocycles. The molecule has 0 unspecified atom stereocenters. The van der Waals surface area contributed by atoms with Gasteiger partial charge in [0.05, 0.1) is 6.07 Å². The van der Waals surface area contributed by atoms with Crippen LogP contribution >= 0.6 is 11.6 Å². The number of nitriles is 1. The van der Waals surface area contributed by atoms with Crippen LogP contribution in [0.5, 0.6) is 0 Å². The molecule has 0 radical (unpaired) electrons. The van der Waals surface area contributed by atoms with Gasteiger partial charge in [-0.15, -0.1) is 0 Å². The fourth-order valence-corrected chi connectivity index (χ4v) is 1.15. The van der Waals surface area contributed by atoms with E-state index in [1.807, 2.05) is 6.07 Å². The summed E-state index contributed by atoms with van der Waals surface area (Å²) in [6.45, 7) is 0.0480. The highest BCUT2D eigenvalue weighted by Crippen LogP contribution is 2.14. The van der Waals surface area contributed by atoms with Gasteiger partial charge in [0.2, 0.25) is 0 Å². The Hall–Kier alpha value is -1.73. The zero-order valence-corrected chi connectivity index (χ0v) is 8.95. The molecule has 0 saturated carbocycles. The molecule has 4 nitrogen and oxygen atoms in total. The molecule has 0 aromatic heterocycles. The van der Waals surface area contributed by atoms with E-state index in [1.165, 1.54) is 4.90 Å². The van der Waals surface area contributed by atoms with Gasteiger partial charge < -0.3 is 10.2 Å². The number of rotatable bonds is 2. The number of carbonyl (C=O) groups excluding carboxylic acids is 1. The minimum absolute atomic E-state index is 0.0480. The van der Waals surface area contributed by atoms with Crippen LogP contribution in [0.3, 0.4) is 0 Å². The van der Waals surface area contributed by atoms with E-state index in [1.54, 1.807) is 31.3 Å². The van der Waals surface area contributed by atoms with Crippen molar-refractivity contribution >= 4 is 23.3 Å². The molecule has 1 rings (SSSR count). The van der Waals surface area contributed by atoms with Crippen LogP contribution in [0.1, 0.15) is 0 Å². The van der Waals surface area contributed by atoms with Crippen molar-refractivity contribution in [1.82, 2.24) is 4.90 Å². The summed E-state index contributed by atoms with van der Waals surface area (Å²) >= 11 is 5.75. The second-order valence-electron chi connectivity index (χ2n) is 2.95. The first-order valence-electron chi connectivity index (χ1n) is 4.28. The van der Waals surface area contributed by atoms with Gasteiger partial charge >= 0.3 is 6.03 Å². The highest BCUT2D eigenvalue weighted by Gasteiger charge is 2.07. The molecule has 1 aromatic carbocycles. The molecule has 0 heterocycles. The van der Waals surface area contributed by atoms with Crippen LogP contribution in [0.4, 0.5) is 10.5 Å². The Morgan fingerprint density at radius 1 is 1.67 bits per heavy atom. The Bertz CT molecular complexity index is 400. The molecule has 1 N–H and O–H groups in total. The number of halogens is 1. The molecule has 0 bridgehead atoms. The maximum absolute atomic E-state index is 11.4. The van der Waals surface area contributed by atoms with E-state index >= 15 is 0 Å². The molecule has 0 aliphatic heterocycles. The Kier molecular flexibility index (Phi) is 3.95. The largest absolute Gasteiger partial charge is 0.322 e. The summed E-state index contributed by atoms with van der Waals surface area (Å²) in [5.74, 6) is 0. The van der Waals surface area contributed by atoms with E-state index in [0.717, 1.165) is 0 Å². The van der Waals surface area contributed by atoms with Crippen molar-refractivity contribution in [1.29, 1.82) is 5.26 Å². The third-order valence-electron chi connectivity index (χ3n) is 1.73. The first kappa shape index (κ1) is 11.3. The number of urea groups is 1. The van der Waals surface area contributed by atoms with Gasteiger partial charge in [0.15, 0.2) is 0 Å². The number of nitrogens with zero attached hydrogens (tertiary/aromatic N) is 2. The number of hydrogen-bond acceptors (Lipinski definition) is 2. The van der Waals surface area contributed by atoms with E-state index in [4.69, 9.17) is 16.9 Å². The zero-order chi connectivity index (χ0) is 11.3. The third kappa shape index (κ3) is 3.49. The van der Waals surface area contributed by atoms with Crippen LogP contribution < -0.4 is 5.32 Å². The van der Waals surface area contributed by atoms with E-state index in [-0.39, 0.29) is 12.6 Å². The topological polar surface area (TPSA) is 56.1 Å². The predicted octanol–water partition coefficient (Wildman–Crippen LogP) is 2.33. The van der Waals surface area contributed by atoms with Crippen molar-refractivity contribution in [2.45, 2.75) is 0 Å². The second kappa shape index (κ2) is 5.23. The molecule has 15 heavy (non-hydrogen) atoms. The highest BCUT2D eigenvalue weighted by atomic mass is 35.5. The molecule has 5 heteroatoms. The summed E-state index contributed by atoms with van der Waals surface area (Å²) in [4.78, 5) is 12.7. The number of anilines is 1. The summed E-state index contributed by atoms with van der Waals surface area (Å²) in [5, 5.41) is 11.6. The minimum Gasteiger partial charge on any atom is -0.314 e. The lowest BCUT2D eigenvalue weighted by Crippen LogP contribution is -2.31. The van der Waals surface area contributed by atoms with Gasteiger partial charge in [0.1, 0.15) is 6.54 Å². The average Bonchev–Trinajstić information content (AvgIpc) is 2.18. The van der Waals surface area contributed by atoms with Gasteiger partial charge in [0.25, 0.3) is 0 Å². The lowest BCUT2D eigenvalue weighted by molar-refractivity contribution is 0.227. The Balaban J connectivity index is 2.63. The van der Waals surface area contributed by atoms with Gasteiger partial charge in [0, 0.05) is 17.8 Å². The molecule has 78 valence electrons. The molecular formula is C10H10ClN3O. The summed E-state index contributed by atoms with van der Waals surface area (Å²) in [5.41, 5.74) is 0.609. The van der Waals surface area contributed by atoms with Gasteiger partial charge in [-0.05, 0) is 18.2 Å². The van der Waals surface area contributed by atoms with E-state index in [9.17, 15) is 4.79 Å². The maximum Gasteiger partial charge on any atom is 0.322 e. The maximum atomic E-state index is 11.4. The van der Waals surface area contributed by atoms with Crippen molar-refractivity contribution in [2.75, 3.05) is 18.9 Å². The first-order chi connectivity index (χ1) is 7.13. The van der Waals surface area contributed by atoms with E-state index in [0.29, 0.717) is 10.7 Å². The number of carbonyl (C=O) groups is 1. The quantitative estimate of drug-likeness (QED) is 0.783. The smallest absolute Gasteiger partial charge is 0.314 e. The van der Waals surface area contributed by atoms with Crippen molar-refractivity contribution in [2.24, 2.45) is 0 Å². The second-order valence-corrected chi connectivity index (χ2v) is 3.39. The molecule has 0 saturated heterocycles. The fourth-order valence-electron chi connectivity index (χ4n) is 0.963. The molecule has 1 aromatic rings. The summed E-state index contributed by atoms with van der Waals surface area (Å²) in [7, 11) is 1.54. The van der Waals surface area contributed by atoms with Crippen molar-refractivity contribution < 1.29 is 4.79 Å². The number of hydrogen-bond donors (Lipinski definition) is 1. The van der Waals surface area contributed by atoms with Crippen LogP contribution in [0, 0.1) is 11.3 Å². The van der Waals surface area contributed by atoms with Gasteiger partial charge in [-0.25, -0.2) is 4.79 Å². The Morgan fingerprint density at radius 3 is 3.00 bits per heavy atom. The van der Waals surface area contributed by atoms with Gasteiger partial charge in [-0.3, -0.25) is 0 Å². The minimum atomic E-state index is -0.334. The molecule has 0 spiro atoms. The van der Waals surface area contributed by atoms with Crippen LogP contribution in [0.15, 0.2) is 24.3 Å². The summed E-state index contributed by atoms with van der Waals surface area (Å²) in [6.07, 6.45) is 0. The zero-order valence-electron chi connectivity index (χ0n) is 8.20. The molecule has 0 aliphatic rings. The molecular weight excluding hydrogens is 214 g/mol. The first-order valence-corrected chi connectivity index (χ1v) is 4.66. The normalized spacial score (nSPS) is 9.13. The Labute approximate surface area is 93.1 Å². The Morgan fingerprint density at radius 2 is 2.40 bits per heavy atom.